The fourth-order valence-electron chi connectivity index (χ4n) is 2.37. The number of hydrogen-bond acceptors (Lipinski definition) is 4. The van der Waals surface area contributed by atoms with Gasteiger partial charge in [-0.2, -0.15) is 5.10 Å². The lowest BCUT2D eigenvalue weighted by Crippen LogP contribution is -2.18. The summed E-state index contributed by atoms with van der Waals surface area (Å²) < 4.78 is 2.36. The second kappa shape index (κ2) is 4.86. The van der Waals surface area contributed by atoms with E-state index in [9.17, 15) is 4.79 Å². The van der Waals surface area contributed by atoms with Gasteiger partial charge in [0.2, 0.25) is 5.91 Å². The number of nitrogens with one attached hydrogen (secondary N) is 1. The Morgan fingerprint density at radius 1 is 1.68 bits per heavy atom. The second-order valence-electron chi connectivity index (χ2n) is 4.56. The zero-order valence-electron chi connectivity index (χ0n) is 10.1. The Hall–Kier alpha value is -1.53. The number of primary amides is 1. The van der Waals surface area contributed by atoms with Gasteiger partial charge in [-0.3, -0.25) is 9.48 Å². The van der Waals surface area contributed by atoms with E-state index in [2.05, 4.69) is 10.4 Å². The highest BCUT2D eigenvalue weighted by Gasteiger charge is 2.25. The first-order valence-electron chi connectivity index (χ1n) is 5.97. The van der Waals surface area contributed by atoms with Gasteiger partial charge in [0.05, 0.1) is 22.3 Å². The van der Waals surface area contributed by atoms with Crippen LogP contribution in [0.3, 0.4) is 0 Å². The molecule has 2 aromatic rings. The molecule has 5 nitrogen and oxygen atoms in total. The van der Waals surface area contributed by atoms with E-state index in [1.165, 1.54) is 15.1 Å². The normalized spacial score (nSPS) is 17.4. The summed E-state index contributed by atoms with van der Waals surface area (Å²) in [6.07, 6.45) is 5.60. The molecular formula is C12H13ClN4OS. The molecule has 1 atom stereocenters. The maximum atomic E-state index is 10.8. The summed E-state index contributed by atoms with van der Waals surface area (Å²) in [6.45, 7) is 0.0991. The van der Waals surface area contributed by atoms with E-state index in [4.69, 9.17) is 17.3 Å². The van der Waals surface area contributed by atoms with Gasteiger partial charge in [-0.15, -0.1) is 11.3 Å². The number of rotatable bonds is 4. The molecule has 0 saturated carbocycles. The molecule has 0 aromatic carbocycles. The van der Waals surface area contributed by atoms with E-state index in [1.807, 2.05) is 6.07 Å². The average molecular weight is 297 g/mol. The van der Waals surface area contributed by atoms with E-state index < -0.39 is 5.91 Å². The highest BCUT2D eigenvalue weighted by molar-refractivity contribution is 7.16. The smallest absolute Gasteiger partial charge is 0.239 e. The number of nitrogens with two attached hydrogens (primary N) is 1. The van der Waals surface area contributed by atoms with Crippen LogP contribution in [0.5, 0.6) is 0 Å². The fourth-order valence-corrected chi connectivity index (χ4v) is 3.72. The van der Waals surface area contributed by atoms with Crippen molar-refractivity contribution in [2.24, 2.45) is 5.73 Å². The lowest BCUT2D eigenvalue weighted by Gasteiger charge is -2.12. The molecule has 0 aliphatic heterocycles. The minimum Gasteiger partial charge on any atom is -0.376 e. The zero-order valence-corrected chi connectivity index (χ0v) is 11.7. The third-order valence-electron chi connectivity index (χ3n) is 3.14. The highest BCUT2D eigenvalue weighted by Crippen LogP contribution is 2.40. The van der Waals surface area contributed by atoms with Crippen molar-refractivity contribution in [2.45, 2.75) is 25.4 Å². The minimum absolute atomic E-state index is 0.0991. The summed E-state index contributed by atoms with van der Waals surface area (Å²) in [5, 5.41) is 7.51. The predicted molar refractivity (Wildman–Crippen MR) is 75.4 cm³/mol. The Morgan fingerprint density at radius 3 is 3.32 bits per heavy atom. The molecule has 100 valence electrons. The van der Waals surface area contributed by atoms with E-state index in [0.717, 1.165) is 22.9 Å². The van der Waals surface area contributed by atoms with E-state index in [-0.39, 0.29) is 12.6 Å². The number of amides is 1. The number of fused-ring (bicyclic) bond motifs is 1. The van der Waals surface area contributed by atoms with Gasteiger partial charge in [0.1, 0.15) is 6.54 Å². The van der Waals surface area contributed by atoms with Crippen LogP contribution in [0, 0.1) is 0 Å². The molecule has 1 aliphatic carbocycles. The van der Waals surface area contributed by atoms with Crippen molar-refractivity contribution in [3.8, 4) is 0 Å². The van der Waals surface area contributed by atoms with Gasteiger partial charge in [0.15, 0.2) is 0 Å². The number of carbonyl (C=O) groups excluding carboxylic acids is 1. The quantitative estimate of drug-likeness (QED) is 0.908. The Kier molecular flexibility index (Phi) is 3.20. The number of carbonyl (C=O) groups is 1. The molecule has 1 unspecified atom stereocenters. The van der Waals surface area contributed by atoms with Crippen LogP contribution < -0.4 is 11.1 Å². The average Bonchev–Trinajstić information content (AvgIpc) is 2.97. The number of hydrogen-bond donors (Lipinski definition) is 2. The number of aryl methyl sites for hydroxylation is 1. The lowest BCUT2D eigenvalue weighted by molar-refractivity contribution is -0.118. The number of halogens is 1. The molecule has 19 heavy (non-hydrogen) atoms. The van der Waals surface area contributed by atoms with Gasteiger partial charge in [-0.1, -0.05) is 11.6 Å². The molecule has 1 amide bonds. The van der Waals surface area contributed by atoms with Gasteiger partial charge in [0.25, 0.3) is 0 Å². The Labute approximate surface area is 119 Å². The van der Waals surface area contributed by atoms with Crippen LogP contribution in [0.4, 0.5) is 5.69 Å². The fraction of sp³-hybridized carbons (Fsp3) is 0.333. The maximum Gasteiger partial charge on any atom is 0.239 e. The number of aromatic nitrogens is 2. The summed E-state index contributed by atoms with van der Waals surface area (Å²) in [5.74, 6) is -0.401. The number of thiophene rings is 1. The van der Waals surface area contributed by atoms with Gasteiger partial charge < -0.3 is 11.1 Å². The number of anilines is 1. The molecule has 2 aromatic heterocycles. The zero-order chi connectivity index (χ0) is 13.4. The molecule has 7 heteroatoms. The molecule has 0 bridgehead atoms. The molecule has 3 N–H and O–H groups in total. The summed E-state index contributed by atoms with van der Waals surface area (Å²) >= 11 is 7.68. The van der Waals surface area contributed by atoms with Gasteiger partial charge in [-0.25, -0.2) is 0 Å². The van der Waals surface area contributed by atoms with Crippen molar-refractivity contribution in [2.75, 3.05) is 5.32 Å². The standard InChI is InChI=1S/C12H13ClN4OS/c13-11-3-8-9(1-2-10(8)19-11)16-7-4-15-17(5-7)6-12(14)18/h3-5,9,16H,1-2,6H2,(H2,14,18). The Bertz CT molecular complexity index is 621. The van der Waals surface area contributed by atoms with Gasteiger partial charge in [-0.05, 0) is 24.5 Å². The number of nitrogens with zero attached hydrogens (tertiary/aromatic N) is 2. The van der Waals surface area contributed by atoms with Crippen molar-refractivity contribution in [1.82, 2.24) is 9.78 Å². The van der Waals surface area contributed by atoms with Crippen LogP contribution >= 0.6 is 22.9 Å². The molecule has 0 radical (unpaired) electrons. The molecule has 1 aliphatic rings. The van der Waals surface area contributed by atoms with E-state index in [1.54, 1.807) is 23.7 Å². The summed E-state index contributed by atoms with van der Waals surface area (Å²) in [4.78, 5) is 12.2. The first-order chi connectivity index (χ1) is 9.11. The second-order valence-corrected chi connectivity index (χ2v) is 6.33. The SMILES string of the molecule is NC(=O)Cn1cc(NC2CCc3sc(Cl)cc32)cn1. The van der Waals surface area contributed by atoms with Crippen LogP contribution in [0.25, 0.3) is 0 Å². The van der Waals surface area contributed by atoms with Gasteiger partial charge in [0, 0.05) is 11.1 Å². The topological polar surface area (TPSA) is 72.9 Å². The van der Waals surface area contributed by atoms with Crippen LogP contribution in [0.15, 0.2) is 18.5 Å². The Morgan fingerprint density at radius 2 is 2.53 bits per heavy atom. The molecule has 3 rings (SSSR count). The third kappa shape index (κ3) is 2.59. The molecule has 0 fully saturated rings. The predicted octanol–water partition coefficient (Wildman–Crippen LogP) is 2.18. The summed E-state index contributed by atoms with van der Waals surface area (Å²) in [7, 11) is 0. The molecule has 2 heterocycles. The minimum atomic E-state index is -0.401. The monoisotopic (exact) mass is 296 g/mol. The summed E-state index contributed by atoms with van der Waals surface area (Å²) in [5.41, 5.74) is 7.30. The third-order valence-corrected chi connectivity index (χ3v) is 4.48. The molecular weight excluding hydrogens is 284 g/mol. The largest absolute Gasteiger partial charge is 0.376 e. The first-order valence-corrected chi connectivity index (χ1v) is 7.16. The molecule has 0 spiro atoms. The van der Waals surface area contributed by atoms with Crippen molar-refractivity contribution in [3.63, 3.8) is 0 Å². The van der Waals surface area contributed by atoms with Crippen LogP contribution in [0.1, 0.15) is 22.9 Å². The van der Waals surface area contributed by atoms with Crippen molar-refractivity contribution >= 4 is 34.5 Å². The van der Waals surface area contributed by atoms with Gasteiger partial charge >= 0.3 is 0 Å². The molecule has 0 saturated heterocycles. The Balaban J connectivity index is 1.72. The lowest BCUT2D eigenvalue weighted by atomic mass is 10.2. The van der Waals surface area contributed by atoms with Crippen LogP contribution in [-0.2, 0) is 17.8 Å². The van der Waals surface area contributed by atoms with Crippen molar-refractivity contribution in [3.05, 3.63) is 33.2 Å². The highest BCUT2D eigenvalue weighted by atomic mass is 35.5. The summed E-state index contributed by atoms with van der Waals surface area (Å²) in [6, 6.07) is 2.30. The first kappa shape index (κ1) is 12.5. The van der Waals surface area contributed by atoms with Crippen molar-refractivity contribution in [1.29, 1.82) is 0 Å². The maximum absolute atomic E-state index is 10.8. The van der Waals surface area contributed by atoms with Crippen LogP contribution in [0.2, 0.25) is 4.34 Å². The van der Waals surface area contributed by atoms with E-state index in [0.29, 0.717) is 0 Å². The van der Waals surface area contributed by atoms with Crippen LogP contribution in [-0.4, -0.2) is 15.7 Å². The van der Waals surface area contributed by atoms with Crippen molar-refractivity contribution < 1.29 is 4.79 Å². The van der Waals surface area contributed by atoms with E-state index >= 15 is 0 Å².